The molecule has 5 heteroatoms. The number of carbonyl (C=O) groups excluding carboxylic acids is 2. The molecule has 5 nitrogen and oxygen atoms in total. The molecule has 1 aliphatic rings. The van der Waals surface area contributed by atoms with Crippen LogP contribution in [0.2, 0.25) is 0 Å². The van der Waals surface area contributed by atoms with Crippen LogP contribution in [0.5, 0.6) is 0 Å². The highest BCUT2D eigenvalue weighted by Crippen LogP contribution is 2.07. The summed E-state index contributed by atoms with van der Waals surface area (Å²) in [6.07, 6.45) is 0. The van der Waals surface area contributed by atoms with Crippen molar-refractivity contribution in [2.45, 2.75) is 26.4 Å². The van der Waals surface area contributed by atoms with Crippen LogP contribution in [0.4, 0.5) is 0 Å². The van der Waals surface area contributed by atoms with Crippen LogP contribution in [0.25, 0.3) is 0 Å². The molecule has 1 aliphatic heterocycles. The summed E-state index contributed by atoms with van der Waals surface area (Å²) in [5.74, 6) is 0.144. The SMILES string of the molecule is CC(=O)N1CCN([C@H](C)C(=O)NCc2ccccc2)CC1. The molecule has 1 aromatic carbocycles. The first kappa shape index (κ1) is 15.5. The maximum atomic E-state index is 12.2. The van der Waals surface area contributed by atoms with E-state index >= 15 is 0 Å². The van der Waals surface area contributed by atoms with Crippen molar-refractivity contribution in [3.63, 3.8) is 0 Å². The Balaban J connectivity index is 1.79. The molecule has 0 saturated carbocycles. The molecule has 1 N–H and O–H groups in total. The zero-order chi connectivity index (χ0) is 15.2. The van der Waals surface area contributed by atoms with Gasteiger partial charge in [-0.1, -0.05) is 30.3 Å². The number of nitrogens with zero attached hydrogens (tertiary/aromatic N) is 2. The number of benzene rings is 1. The normalized spacial score (nSPS) is 17.3. The van der Waals surface area contributed by atoms with Crippen LogP contribution in [0.1, 0.15) is 19.4 Å². The molecule has 1 heterocycles. The summed E-state index contributed by atoms with van der Waals surface area (Å²) >= 11 is 0. The lowest BCUT2D eigenvalue weighted by Gasteiger charge is -2.37. The van der Waals surface area contributed by atoms with Gasteiger partial charge < -0.3 is 10.2 Å². The van der Waals surface area contributed by atoms with E-state index in [2.05, 4.69) is 10.2 Å². The topological polar surface area (TPSA) is 52.7 Å². The Morgan fingerprint density at radius 2 is 1.76 bits per heavy atom. The molecular weight excluding hydrogens is 266 g/mol. The van der Waals surface area contributed by atoms with E-state index in [1.165, 1.54) is 0 Å². The maximum Gasteiger partial charge on any atom is 0.237 e. The molecule has 0 aromatic heterocycles. The lowest BCUT2D eigenvalue weighted by atomic mass is 10.2. The van der Waals surface area contributed by atoms with Crippen molar-refractivity contribution in [3.05, 3.63) is 35.9 Å². The number of hydrogen-bond donors (Lipinski definition) is 1. The molecule has 1 atom stereocenters. The van der Waals surface area contributed by atoms with Gasteiger partial charge in [0.2, 0.25) is 11.8 Å². The molecule has 0 unspecified atom stereocenters. The third kappa shape index (κ3) is 4.29. The van der Waals surface area contributed by atoms with Gasteiger partial charge in [-0.2, -0.15) is 0 Å². The summed E-state index contributed by atoms with van der Waals surface area (Å²) in [6.45, 7) is 6.96. The number of nitrogens with one attached hydrogen (secondary N) is 1. The van der Waals surface area contributed by atoms with Gasteiger partial charge in [0, 0.05) is 39.6 Å². The molecule has 2 rings (SSSR count). The molecule has 0 radical (unpaired) electrons. The Labute approximate surface area is 125 Å². The first-order valence-electron chi connectivity index (χ1n) is 7.39. The molecule has 114 valence electrons. The predicted molar refractivity (Wildman–Crippen MR) is 81.6 cm³/mol. The maximum absolute atomic E-state index is 12.2. The Bertz CT molecular complexity index is 482. The summed E-state index contributed by atoms with van der Waals surface area (Å²) in [5.41, 5.74) is 1.10. The largest absolute Gasteiger partial charge is 0.351 e. The third-order valence-corrected chi connectivity index (χ3v) is 4.00. The van der Waals surface area contributed by atoms with Crippen LogP contribution in [0, 0.1) is 0 Å². The van der Waals surface area contributed by atoms with E-state index in [1.807, 2.05) is 42.2 Å². The van der Waals surface area contributed by atoms with Crippen molar-refractivity contribution in [1.29, 1.82) is 0 Å². The van der Waals surface area contributed by atoms with Gasteiger partial charge in [0.25, 0.3) is 0 Å². The molecule has 1 aromatic rings. The lowest BCUT2D eigenvalue weighted by molar-refractivity contribution is -0.132. The molecule has 0 spiro atoms. The van der Waals surface area contributed by atoms with Gasteiger partial charge in [-0.3, -0.25) is 14.5 Å². The van der Waals surface area contributed by atoms with Crippen LogP contribution in [-0.2, 0) is 16.1 Å². The fraction of sp³-hybridized carbons (Fsp3) is 0.500. The van der Waals surface area contributed by atoms with E-state index < -0.39 is 0 Å². The van der Waals surface area contributed by atoms with E-state index in [0.717, 1.165) is 18.7 Å². The molecule has 21 heavy (non-hydrogen) atoms. The number of amides is 2. The minimum Gasteiger partial charge on any atom is -0.351 e. The highest BCUT2D eigenvalue weighted by atomic mass is 16.2. The predicted octanol–water partition coefficient (Wildman–Crippen LogP) is 0.855. The average molecular weight is 289 g/mol. The van der Waals surface area contributed by atoms with Crippen LogP contribution in [0.3, 0.4) is 0 Å². The zero-order valence-corrected chi connectivity index (χ0v) is 12.7. The van der Waals surface area contributed by atoms with E-state index in [9.17, 15) is 9.59 Å². The van der Waals surface area contributed by atoms with Crippen LogP contribution >= 0.6 is 0 Å². The highest BCUT2D eigenvalue weighted by Gasteiger charge is 2.26. The van der Waals surface area contributed by atoms with E-state index in [0.29, 0.717) is 19.6 Å². The quantitative estimate of drug-likeness (QED) is 0.894. The minimum absolute atomic E-state index is 0.0372. The van der Waals surface area contributed by atoms with Crippen LogP contribution in [-0.4, -0.2) is 53.8 Å². The molecular formula is C16H23N3O2. The summed E-state index contributed by atoms with van der Waals surface area (Å²) in [7, 11) is 0. The molecule has 0 aliphatic carbocycles. The first-order valence-corrected chi connectivity index (χ1v) is 7.39. The van der Waals surface area contributed by atoms with E-state index in [1.54, 1.807) is 6.92 Å². The highest BCUT2D eigenvalue weighted by molar-refractivity contribution is 5.81. The number of piperazine rings is 1. The monoisotopic (exact) mass is 289 g/mol. The van der Waals surface area contributed by atoms with Gasteiger partial charge in [-0.25, -0.2) is 0 Å². The Kier molecular flexibility index (Phi) is 5.33. The molecule has 0 bridgehead atoms. The van der Waals surface area contributed by atoms with Crippen molar-refractivity contribution in [2.24, 2.45) is 0 Å². The smallest absolute Gasteiger partial charge is 0.237 e. The second kappa shape index (κ2) is 7.22. The van der Waals surface area contributed by atoms with Gasteiger partial charge >= 0.3 is 0 Å². The second-order valence-corrected chi connectivity index (χ2v) is 5.42. The van der Waals surface area contributed by atoms with E-state index in [4.69, 9.17) is 0 Å². The first-order chi connectivity index (χ1) is 10.1. The van der Waals surface area contributed by atoms with E-state index in [-0.39, 0.29) is 17.9 Å². The number of carbonyl (C=O) groups is 2. The standard InChI is InChI=1S/C16H23N3O2/c1-13(18-8-10-19(11-9-18)14(2)20)16(21)17-12-15-6-4-3-5-7-15/h3-7,13H,8-12H2,1-2H3,(H,17,21)/t13-/m1/s1. The molecule has 1 fully saturated rings. The zero-order valence-electron chi connectivity index (χ0n) is 12.7. The Morgan fingerprint density at radius 1 is 1.14 bits per heavy atom. The summed E-state index contributed by atoms with van der Waals surface area (Å²) in [4.78, 5) is 27.4. The van der Waals surface area contributed by atoms with Gasteiger partial charge in [-0.15, -0.1) is 0 Å². The molecule has 2 amide bonds. The van der Waals surface area contributed by atoms with Gasteiger partial charge in [0.15, 0.2) is 0 Å². The fourth-order valence-electron chi connectivity index (χ4n) is 2.52. The van der Waals surface area contributed by atoms with Crippen molar-refractivity contribution in [3.8, 4) is 0 Å². The third-order valence-electron chi connectivity index (χ3n) is 4.00. The van der Waals surface area contributed by atoms with Gasteiger partial charge in [0.05, 0.1) is 6.04 Å². The van der Waals surface area contributed by atoms with Crippen molar-refractivity contribution < 1.29 is 9.59 Å². The van der Waals surface area contributed by atoms with Crippen LogP contribution < -0.4 is 5.32 Å². The average Bonchev–Trinajstić information content (AvgIpc) is 2.53. The van der Waals surface area contributed by atoms with Crippen molar-refractivity contribution in [1.82, 2.24) is 15.1 Å². The number of hydrogen-bond acceptors (Lipinski definition) is 3. The summed E-state index contributed by atoms with van der Waals surface area (Å²) in [6, 6.07) is 9.72. The lowest BCUT2D eigenvalue weighted by Crippen LogP contribution is -2.54. The van der Waals surface area contributed by atoms with Gasteiger partial charge in [0.1, 0.15) is 0 Å². The van der Waals surface area contributed by atoms with Crippen molar-refractivity contribution in [2.75, 3.05) is 26.2 Å². The Hall–Kier alpha value is -1.88. The summed E-state index contributed by atoms with van der Waals surface area (Å²) in [5, 5.41) is 2.97. The van der Waals surface area contributed by atoms with Crippen molar-refractivity contribution >= 4 is 11.8 Å². The fourth-order valence-corrected chi connectivity index (χ4v) is 2.52. The summed E-state index contributed by atoms with van der Waals surface area (Å²) < 4.78 is 0. The minimum atomic E-state index is -0.164. The molecule has 1 saturated heterocycles. The number of rotatable bonds is 4. The van der Waals surface area contributed by atoms with Gasteiger partial charge in [-0.05, 0) is 12.5 Å². The second-order valence-electron chi connectivity index (χ2n) is 5.42. The Morgan fingerprint density at radius 3 is 2.33 bits per heavy atom. The van der Waals surface area contributed by atoms with Crippen LogP contribution in [0.15, 0.2) is 30.3 Å².